The van der Waals surface area contributed by atoms with Gasteiger partial charge in [0.25, 0.3) is 0 Å². The molecule has 0 aliphatic rings. The lowest BCUT2D eigenvalue weighted by molar-refractivity contribution is 1.23. The van der Waals surface area contributed by atoms with Gasteiger partial charge in [-0.1, -0.05) is 103 Å². The van der Waals surface area contributed by atoms with E-state index >= 15 is 0 Å². The fraction of sp³-hybridized carbons (Fsp3) is 0.0312. The summed E-state index contributed by atoms with van der Waals surface area (Å²) in [7, 11) is 0. The number of hydrogen-bond acceptors (Lipinski definition) is 3. The smallest absolute Gasteiger partial charge is 0.102 e. The van der Waals surface area contributed by atoms with Gasteiger partial charge in [-0.05, 0) is 29.7 Å². The zero-order valence-corrected chi connectivity index (χ0v) is 19.2. The molecule has 4 aromatic carbocycles. The first kappa shape index (κ1) is 20.8. The highest BCUT2D eigenvalue weighted by molar-refractivity contribution is 6.13. The van der Waals surface area contributed by atoms with Crippen molar-refractivity contribution >= 4 is 21.8 Å². The highest BCUT2D eigenvalue weighted by Crippen LogP contribution is 2.39. The first-order chi connectivity index (χ1) is 17.2. The molecular weight excluding hydrogens is 426 g/mol. The van der Waals surface area contributed by atoms with Gasteiger partial charge in [-0.2, -0.15) is 5.26 Å². The molecule has 2 heterocycles. The van der Waals surface area contributed by atoms with Crippen LogP contribution in [0.3, 0.4) is 0 Å². The van der Waals surface area contributed by atoms with E-state index < -0.39 is 0 Å². The number of benzene rings is 4. The van der Waals surface area contributed by atoms with Gasteiger partial charge >= 0.3 is 0 Å². The molecule has 164 valence electrons. The van der Waals surface area contributed by atoms with Gasteiger partial charge in [-0.25, -0.2) is 9.97 Å². The van der Waals surface area contributed by atoms with Crippen LogP contribution < -0.4 is 0 Å². The lowest BCUT2D eigenvalue weighted by Crippen LogP contribution is -1.98. The average Bonchev–Trinajstić information content (AvgIpc) is 2.93. The van der Waals surface area contributed by atoms with Gasteiger partial charge in [0.1, 0.15) is 6.07 Å². The number of hydrogen-bond donors (Lipinski definition) is 0. The molecule has 0 N–H and O–H groups in total. The maximum Gasteiger partial charge on any atom is 0.102 e. The molecule has 0 aliphatic carbocycles. The Morgan fingerprint density at radius 1 is 0.600 bits per heavy atom. The Hall–Kier alpha value is -4.81. The Bertz CT molecular complexity index is 1730. The maximum atomic E-state index is 10.0. The number of nitriles is 1. The molecule has 3 nitrogen and oxygen atoms in total. The first-order valence-electron chi connectivity index (χ1n) is 11.6. The summed E-state index contributed by atoms with van der Waals surface area (Å²) in [6.07, 6.45) is 0. The van der Waals surface area contributed by atoms with Gasteiger partial charge in [-0.15, -0.1) is 0 Å². The van der Waals surface area contributed by atoms with Crippen molar-refractivity contribution in [2.75, 3.05) is 0 Å². The van der Waals surface area contributed by atoms with E-state index in [1.807, 2.05) is 61.5 Å². The van der Waals surface area contributed by atoms with Crippen LogP contribution in [0, 0.1) is 18.3 Å². The van der Waals surface area contributed by atoms with Crippen LogP contribution in [0.1, 0.15) is 11.3 Å². The number of nitrogens with zero attached hydrogens (tertiary/aromatic N) is 3. The van der Waals surface area contributed by atoms with E-state index in [2.05, 4.69) is 60.7 Å². The fourth-order valence-corrected chi connectivity index (χ4v) is 4.79. The zero-order valence-electron chi connectivity index (χ0n) is 19.2. The predicted octanol–water partition coefficient (Wildman–Crippen LogP) is 7.96. The molecular formula is C32H21N3. The molecule has 0 amide bonds. The normalized spacial score (nSPS) is 11.0. The van der Waals surface area contributed by atoms with E-state index in [0.29, 0.717) is 11.3 Å². The summed E-state index contributed by atoms with van der Waals surface area (Å²) in [6.45, 7) is 1.91. The summed E-state index contributed by atoms with van der Waals surface area (Å²) in [4.78, 5) is 10.1. The van der Waals surface area contributed by atoms with Crippen LogP contribution in [0.5, 0.6) is 0 Å². The Morgan fingerprint density at radius 3 is 1.77 bits per heavy atom. The molecule has 0 spiro atoms. The van der Waals surface area contributed by atoms with Gasteiger partial charge in [0, 0.05) is 21.9 Å². The van der Waals surface area contributed by atoms with Crippen LogP contribution in [0.15, 0.2) is 109 Å². The van der Waals surface area contributed by atoms with Crippen LogP contribution >= 0.6 is 0 Å². The minimum absolute atomic E-state index is 0.602. The third-order valence-electron chi connectivity index (χ3n) is 6.44. The summed E-state index contributed by atoms with van der Waals surface area (Å²) < 4.78 is 0. The van der Waals surface area contributed by atoms with E-state index in [1.165, 1.54) is 0 Å². The molecule has 0 unspecified atom stereocenters. The molecule has 0 saturated heterocycles. The molecule has 6 aromatic rings. The molecule has 2 aromatic heterocycles. The van der Waals surface area contributed by atoms with Crippen LogP contribution in [-0.4, -0.2) is 9.97 Å². The summed E-state index contributed by atoms with van der Waals surface area (Å²) in [6, 6.07) is 39.5. The lowest BCUT2D eigenvalue weighted by Gasteiger charge is -2.15. The molecule has 0 saturated carbocycles. The Labute approximate surface area is 204 Å². The number of aromatic nitrogens is 2. The van der Waals surface area contributed by atoms with Gasteiger partial charge in [0.2, 0.25) is 0 Å². The standard InChI is InChI=1S/C32H21N3/c1-21-28(20-33)30(24-15-9-4-10-16-24)26-18-17-25-27(22-11-5-2-6-12-22)19-29(23-13-7-3-8-14-23)35-31(25)32(26)34-21/h2-19H,1H3. The summed E-state index contributed by atoms with van der Waals surface area (Å²) in [5.74, 6) is 0. The second-order valence-corrected chi connectivity index (χ2v) is 8.57. The second-order valence-electron chi connectivity index (χ2n) is 8.57. The summed E-state index contributed by atoms with van der Waals surface area (Å²) in [5.41, 5.74) is 9.07. The summed E-state index contributed by atoms with van der Waals surface area (Å²) >= 11 is 0. The van der Waals surface area contributed by atoms with Gasteiger partial charge < -0.3 is 0 Å². The van der Waals surface area contributed by atoms with Crippen molar-refractivity contribution in [2.24, 2.45) is 0 Å². The number of aryl methyl sites for hydroxylation is 1. The molecule has 6 rings (SSSR count). The zero-order chi connectivity index (χ0) is 23.8. The lowest BCUT2D eigenvalue weighted by atomic mass is 9.92. The summed E-state index contributed by atoms with van der Waals surface area (Å²) in [5, 5.41) is 12.0. The Balaban J connectivity index is 1.77. The number of rotatable bonds is 3. The molecule has 0 radical (unpaired) electrons. The Morgan fingerprint density at radius 2 is 1.14 bits per heavy atom. The van der Waals surface area contributed by atoms with Crippen LogP contribution in [0.25, 0.3) is 55.3 Å². The number of pyridine rings is 2. The van der Waals surface area contributed by atoms with Gasteiger partial charge in [-0.3, -0.25) is 0 Å². The monoisotopic (exact) mass is 447 g/mol. The van der Waals surface area contributed by atoms with E-state index in [4.69, 9.17) is 9.97 Å². The fourth-order valence-electron chi connectivity index (χ4n) is 4.79. The van der Waals surface area contributed by atoms with Crippen LogP contribution in [0.4, 0.5) is 0 Å². The minimum atomic E-state index is 0.602. The molecule has 0 atom stereocenters. The number of fused-ring (bicyclic) bond motifs is 3. The SMILES string of the molecule is Cc1nc2c(ccc3c(-c4ccccc4)cc(-c4ccccc4)nc32)c(-c2ccccc2)c1C#N. The van der Waals surface area contributed by atoms with Crippen LogP contribution in [-0.2, 0) is 0 Å². The maximum absolute atomic E-state index is 10.0. The predicted molar refractivity (Wildman–Crippen MR) is 143 cm³/mol. The second kappa shape index (κ2) is 8.52. The molecule has 35 heavy (non-hydrogen) atoms. The molecule has 3 heteroatoms. The molecule has 0 bridgehead atoms. The first-order valence-corrected chi connectivity index (χ1v) is 11.6. The minimum Gasteiger partial charge on any atom is -0.249 e. The van der Waals surface area contributed by atoms with Crippen molar-refractivity contribution < 1.29 is 0 Å². The highest BCUT2D eigenvalue weighted by atomic mass is 14.8. The van der Waals surface area contributed by atoms with Crippen molar-refractivity contribution in [1.82, 2.24) is 9.97 Å². The third-order valence-corrected chi connectivity index (χ3v) is 6.44. The topological polar surface area (TPSA) is 49.6 Å². The third kappa shape index (κ3) is 3.53. The molecule has 0 fully saturated rings. The van der Waals surface area contributed by atoms with Crippen LogP contribution in [0.2, 0.25) is 0 Å². The van der Waals surface area contributed by atoms with E-state index in [-0.39, 0.29) is 0 Å². The van der Waals surface area contributed by atoms with Crippen molar-refractivity contribution in [3.05, 3.63) is 120 Å². The highest BCUT2D eigenvalue weighted by Gasteiger charge is 2.19. The van der Waals surface area contributed by atoms with E-state index in [9.17, 15) is 5.26 Å². The Kier molecular flexibility index (Phi) is 5.05. The molecule has 0 aliphatic heterocycles. The van der Waals surface area contributed by atoms with Crippen molar-refractivity contribution in [2.45, 2.75) is 6.92 Å². The van der Waals surface area contributed by atoms with E-state index in [0.717, 1.165) is 55.3 Å². The van der Waals surface area contributed by atoms with Crippen molar-refractivity contribution in [3.8, 4) is 39.6 Å². The average molecular weight is 448 g/mol. The largest absolute Gasteiger partial charge is 0.249 e. The van der Waals surface area contributed by atoms with Crippen molar-refractivity contribution in [1.29, 1.82) is 5.26 Å². The van der Waals surface area contributed by atoms with E-state index in [1.54, 1.807) is 0 Å². The quantitative estimate of drug-likeness (QED) is 0.259. The van der Waals surface area contributed by atoms with Crippen molar-refractivity contribution in [3.63, 3.8) is 0 Å². The van der Waals surface area contributed by atoms with Gasteiger partial charge in [0.15, 0.2) is 0 Å². The van der Waals surface area contributed by atoms with Gasteiger partial charge in [0.05, 0.1) is 28.0 Å².